The van der Waals surface area contributed by atoms with Crippen molar-refractivity contribution in [3.05, 3.63) is 35.5 Å². The average Bonchev–Trinajstić information content (AvgIpc) is 2.42. The van der Waals surface area contributed by atoms with Gasteiger partial charge >= 0.3 is 0 Å². The molecular weight excluding hydrogens is 246 g/mol. The fourth-order valence-electron chi connectivity index (χ4n) is 1.85. The van der Waals surface area contributed by atoms with Gasteiger partial charge in [0.15, 0.2) is 0 Å². The van der Waals surface area contributed by atoms with Gasteiger partial charge in [-0.05, 0) is 37.6 Å². The molecule has 0 fully saturated rings. The van der Waals surface area contributed by atoms with Crippen LogP contribution in [0, 0.1) is 0 Å². The van der Waals surface area contributed by atoms with Crippen LogP contribution in [0.1, 0.15) is 20.3 Å². The molecule has 1 heterocycles. The molecule has 0 aliphatic heterocycles. The molecule has 0 aliphatic rings. The molecule has 2 aromatic rings. The van der Waals surface area contributed by atoms with Crippen LogP contribution in [0.15, 0.2) is 30.5 Å². The number of aromatic nitrogens is 1. The van der Waals surface area contributed by atoms with Crippen molar-refractivity contribution >= 4 is 28.2 Å². The Kier molecular flexibility index (Phi) is 3.73. The van der Waals surface area contributed by atoms with Gasteiger partial charge < -0.3 is 11.1 Å². The molecule has 0 amide bonds. The summed E-state index contributed by atoms with van der Waals surface area (Å²) in [5, 5.41) is 5.15. The summed E-state index contributed by atoms with van der Waals surface area (Å²) < 4.78 is 0. The number of hydrogen-bond acceptors (Lipinski definition) is 3. The first-order valence-electron chi connectivity index (χ1n) is 6.11. The first kappa shape index (κ1) is 13.1. The number of anilines is 1. The predicted octanol–water partition coefficient (Wildman–Crippen LogP) is 3.43. The molecule has 96 valence electrons. The van der Waals surface area contributed by atoms with E-state index in [0.717, 1.165) is 28.0 Å². The summed E-state index contributed by atoms with van der Waals surface area (Å²) in [5.41, 5.74) is 7.57. The maximum atomic E-state index is 6.18. The standard InChI is InChI=1S/C14H18ClN3/c1-3-14(2,9-16)18-12-7-6-11(15)10-5-4-8-17-13(10)12/h4-8,18H,3,9,16H2,1-2H3. The first-order valence-corrected chi connectivity index (χ1v) is 6.49. The Labute approximate surface area is 112 Å². The summed E-state index contributed by atoms with van der Waals surface area (Å²) in [7, 11) is 0. The van der Waals surface area contributed by atoms with Crippen molar-refractivity contribution in [3.63, 3.8) is 0 Å². The van der Waals surface area contributed by atoms with Crippen LogP contribution in [-0.2, 0) is 0 Å². The number of benzene rings is 1. The fourth-order valence-corrected chi connectivity index (χ4v) is 2.06. The van der Waals surface area contributed by atoms with Crippen molar-refractivity contribution in [2.75, 3.05) is 11.9 Å². The lowest BCUT2D eigenvalue weighted by Crippen LogP contribution is -2.41. The predicted molar refractivity (Wildman–Crippen MR) is 78.1 cm³/mol. The first-order chi connectivity index (χ1) is 8.59. The number of fused-ring (bicyclic) bond motifs is 1. The quantitative estimate of drug-likeness (QED) is 0.889. The summed E-state index contributed by atoms with van der Waals surface area (Å²) >= 11 is 6.18. The number of pyridine rings is 1. The fraction of sp³-hybridized carbons (Fsp3) is 0.357. The van der Waals surface area contributed by atoms with E-state index in [4.69, 9.17) is 17.3 Å². The molecule has 0 aliphatic carbocycles. The molecule has 0 saturated heterocycles. The highest BCUT2D eigenvalue weighted by Crippen LogP contribution is 2.30. The highest BCUT2D eigenvalue weighted by Gasteiger charge is 2.20. The van der Waals surface area contributed by atoms with E-state index in [9.17, 15) is 0 Å². The molecule has 1 unspecified atom stereocenters. The second-order valence-electron chi connectivity index (χ2n) is 4.74. The van der Waals surface area contributed by atoms with Crippen molar-refractivity contribution in [3.8, 4) is 0 Å². The Bertz CT molecular complexity index is 550. The Morgan fingerprint density at radius 1 is 1.39 bits per heavy atom. The van der Waals surface area contributed by atoms with Crippen LogP contribution in [0.4, 0.5) is 5.69 Å². The number of nitrogens with one attached hydrogen (secondary N) is 1. The van der Waals surface area contributed by atoms with E-state index >= 15 is 0 Å². The SMILES string of the molecule is CCC(C)(CN)Nc1ccc(Cl)c2cccnc12. The van der Waals surface area contributed by atoms with Gasteiger partial charge in [0.05, 0.1) is 16.2 Å². The van der Waals surface area contributed by atoms with Crippen LogP contribution in [0.3, 0.4) is 0 Å². The maximum absolute atomic E-state index is 6.18. The lowest BCUT2D eigenvalue weighted by molar-refractivity contribution is 0.507. The van der Waals surface area contributed by atoms with Crippen LogP contribution < -0.4 is 11.1 Å². The minimum absolute atomic E-state index is 0.127. The highest BCUT2D eigenvalue weighted by molar-refractivity contribution is 6.35. The lowest BCUT2D eigenvalue weighted by Gasteiger charge is -2.29. The normalized spacial score (nSPS) is 14.4. The molecule has 3 N–H and O–H groups in total. The summed E-state index contributed by atoms with van der Waals surface area (Å²) in [6.45, 7) is 4.79. The van der Waals surface area contributed by atoms with Crippen LogP contribution in [0.2, 0.25) is 5.02 Å². The molecule has 4 heteroatoms. The number of nitrogens with two attached hydrogens (primary N) is 1. The minimum Gasteiger partial charge on any atom is -0.377 e. The van der Waals surface area contributed by atoms with Gasteiger partial charge in [-0.3, -0.25) is 4.98 Å². The van der Waals surface area contributed by atoms with E-state index in [2.05, 4.69) is 24.1 Å². The molecule has 0 radical (unpaired) electrons. The van der Waals surface area contributed by atoms with E-state index in [-0.39, 0.29) is 5.54 Å². The summed E-state index contributed by atoms with van der Waals surface area (Å²) in [6.07, 6.45) is 2.72. The lowest BCUT2D eigenvalue weighted by atomic mass is 9.98. The van der Waals surface area contributed by atoms with Gasteiger partial charge in [-0.2, -0.15) is 0 Å². The molecule has 3 nitrogen and oxygen atoms in total. The second kappa shape index (κ2) is 5.12. The van der Waals surface area contributed by atoms with Crippen molar-refractivity contribution in [1.82, 2.24) is 4.98 Å². The average molecular weight is 264 g/mol. The third-order valence-electron chi connectivity index (χ3n) is 3.38. The Morgan fingerprint density at radius 2 is 2.17 bits per heavy atom. The van der Waals surface area contributed by atoms with Gasteiger partial charge in [-0.1, -0.05) is 18.5 Å². The molecule has 1 aromatic carbocycles. The smallest absolute Gasteiger partial charge is 0.0948 e. The zero-order chi connectivity index (χ0) is 13.2. The van der Waals surface area contributed by atoms with Crippen molar-refractivity contribution in [1.29, 1.82) is 0 Å². The van der Waals surface area contributed by atoms with Gasteiger partial charge in [0.1, 0.15) is 0 Å². The number of hydrogen-bond donors (Lipinski definition) is 2. The largest absolute Gasteiger partial charge is 0.377 e. The summed E-state index contributed by atoms with van der Waals surface area (Å²) in [6, 6.07) is 7.71. The summed E-state index contributed by atoms with van der Waals surface area (Å²) in [4.78, 5) is 4.41. The van der Waals surface area contributed by atoms with E-state index in [1.807, 2.05) is 24.3 Å². The topological polar surface area (TPSA) is 50.9 Å². The number of halogens is 1. The molecule has 0 bridgehead atoms. The zero-order valence-corrected chi connectivity index (χ0v) is 11.5. The summed E-state index contributed by atoms with van der Waals surface area (Å²) in [5.74, 6) is 0. The van der Waals surface area contributed by atoms with Gasteiger partial charge in [-0.15, -0.1) is 0 Å². The Hall–Kier alpha value is -1.32. The van der Waals surface area contributed by atoms with E-state index in [0.29, 0.717) is 6.54 Å². The molecule has 0 saturated carbocycles. The number of rotatable bonds is 4. The van der Waals surface area contributed by atoms with Crippen molar-refractivity contribution < 1.29 is 0 Å². The highest BCUT2D eigenvalue weighted by atomic mass is 35.5. The van der Waals surface area contributed by atoms with Crippen LogP contribution >= 0.6 is 11.6 Å². The molecule has 0 spiro atoms. The van der Waals surface area contributed by atoms with Crippen molar-refractivity contribution in [2.24, 2.45) is 5.73 Å². The Balaban J connectivity index is 2.49. The van der Waals surface area contributed by atoms with E-state index < -0.39 is 0 Å². The monoisotopic (exact) mass is 263 g/mol. The van der Waals surface area contributed by atoms with Gasteiger partial charge in [0.25, 0.3) is 0 Å². The number of nitrogens with zero attached hydrogens (tertiary/aromatic N) is 1. The van der Waals surface area contributed by atoms with Crippen LogP contribution in [0.5, 0.6) is 0 Å². The maximum Gasteiger partial charge on any atom is 0.0948 e. The van der Waals surface area contributed by atoms with E-state index in [1.54, 1.807) is 6.20 Å². The minimum atomic E-state index is -0.127. The van der Waals surface area contributed by atoms with Crippen molar-refractivity contribution in [2.45, 2.75) is 25.8 Å². The molecule has 2 rings (SSSR count). The third kappa shape index (κ3) is 2.42. The second-order valence-corrected chi connectivity index (χ2v) is 5.15. The molecule has 1 aromatic heterocycles. The molecular formula is C14H18ClN3. The zero-order valence-electron chi connectivity index (χ0n) is 10.7. The van der Waals surface area contributed by atoms with Gasteiger partial charge in [0, 0.05) is 23.7 Å². The van der Waals surface area contributed by atoms with E-state index in [1.165, 1.54) is 0 Å². The third-order valence-corrected chi connectivity index (χ3v) is 3.71. The van der Waals surface area contributed by atoms with Crippen LogP contribution in [-0.4, -0.2) is 17.1 Å². The molecule has 18 heavy (non-hydrogen) atoms. The van der Waals surface area contributed by atoms with Gasteiger partial charge in [0.2, 0.25) is 0 Å². The van der Waals surface area contributed by atoms with Gasteiger partial charge in [-0.25, -0.2) is 0 Å². The Morgan fingerprint density at radius 3 is 2.83 bits per heavy atom. The molecule has 1 atom stereocenters. The van der Waals surface area contributed by atoms with Crippen LogP contribution in [0.25, 0.3) is 10.9 Å².